The molecule has 0 saturated heterocycles. The molecule has 1 heteroatoms. The summed E-state index contributed by atoms with van der Waals surface area (Å²) in [4.78, 5) is 0. The number of hydrogen-bond acceptors (Lipinski definition) is 0. The second kappa shape index (κ2) is 4.85. The standard InChI is InChI=1S/C21H20Ge/c1-15-12-13-21-19(14-15)17-9-5-4-8-16(17)18-10-6-7-11-20(18)22(21,2)3/h4-14H,1-3H3. The third-order valence-corrected chi connectivity index (χ3v) is 12.4. The van der Waals surface area contributed by atoms with E-state index in [1.165, 1.54) is 27.8 Å². The van der Waals surface area contributed by atoms with Gasteiger partial charge in [0.25, 0.3) is 0 Å². The van der Waals surface area contributed by atoms with Gasteiger partial charge in [-0.05, 0) is 0 Å². The van der Waals surface area contributed by atoms with E-state index in [4.69, 9.17) is 0 Å². The summed E-state index contributed by atoms with van der Waals surface area (Å²) in [7, 11) is 0. The Bertz CT molecular complexity index is 875. The first-order valence-electron chi connectivity index (χ1n) is 7.89. The molecule has 1 aliphatic rings. The average Bonchev–Trinajstić information content (AvgIpc) is 2.61. The van der Waals surface area contributed by atoms with Crippen molar-refractivity contribution in [3.05, 3.63) is 72.3 Å². The van der Waals surface area contributed by atoms with Gasteiger partial charge in [0, 0.05) is 0 Å². The Balaban J connectivity index is 2.21. The predicted molar refractivity (Wildman–Crippen MR) is 98.8 cm³/mol. The number of fused-ring (bicyclic) bond motifs is 5. The van der Waals surface area contributed by atoms with Crippen molar-refractivity contribution in [3.63, 3.8) is 0 Å². The summed E-state index contributed by atoms with van der Waals surface area (Å²) in [5.74, 6) is 5.05. The van der Waals surface area contributed by atoms with Gasteiger partial charge in [-0.25, -0.2) is 0 Å². The van der Waals surface area contributed by atoms with Gasteiger partial charge in [-0.1, -0.05) is 0 Å². The van der Waals surface area contributed by atoms with Crippen LogP contribution < -0.4 is 8.79 Å². The summed E-state index contributed by atoms with van der Waals surface area (Å²) in [6.45, 7) is 2.20. The molecule has 0 spiro atoms. The van der Waals surface area contributed by atoms with Crippen molar-refractivity contribution in [2.75, 3.05) is 0 Å². The molecule has 3 aromatic rings. The van der Waals surface area contributed by atoms with Crippen molar-refractivity contribution in [1.29, 1.82) is 0 Å². The van der Waals surface area contributed by atoms with Gasteiger partial charge in [-0.2, -0.15) is 0 Å². The van der Waals surface area contributed by atoms with E-state index in [-0.39, 0.29) is 0 Å². The van der Waals surface area contributed by atoms with E-state index in [0.29, 0.717) is 0 Å². The monoisotopic (exact) mass is 346 g/mol. The summed E-state index contributed by atoms with van der Waals surface area (Å²) in [6.07, 6.45) is 0. The number of rotatable bonds is 0. The molecular weight excluding hydrogens is 325 g/mol. The van der Waals surface area contributed by atoms with Gasteiger partial charge >= 0.3 is 135 Å². The molecule has 0 aliphatic carbocycles. The molecule has 0 aromatic heterocycles. The molecule has 0 atom stereocenters. The zero-order valence-corrected chi connectivity index (χ0v) is 15.4. The summed E-state index contributed by atoms with van der Waals surface area (Å²) in [6, 6.07) is 25.0. The maximum absolute atomic E-state index is 2.53. The third kappa shape index (κ3) is 1.90. The summed E-state index contributed by atoms with van der Waals surface area (Å²) in [5.41, 5.74) is 7.03. The fourth-order valence-corrected chi connectivity index (χ4v) is 10.2. The Morgan fingerprint density at radius 1 is 0.591 bits per heavy atom. The summed E-state index contributed by atoms with van der Waals surface area (Å²) >= 11 is -2.30. The molecule has 22 heavy (non-hydrogen) atoms. The minimum atomic E-state index is -2.30. The van der Waals surface area contributed by atoms with Crippen LogP contribution in [0.5, 0.6) is 0 Å². The van der Waals surface area contributed by atoms with E-state index < -0.39 is 13.3 Å². The molecule has 0 N–H and O–H groups in total. The van der Waals surface area contributed by atoms with E-state index >= 15 is 0 Å². The molecule has 4 rings (SSSR count). The van der Waals surface area contributed by atoms with Crippen molar-refractivity contribution in [3.8, 4) is 22.3 Å². The molecule has 108 valence electrons. The molecular formula is C21H20Ge. The van der Waals surface area contributed by atoms with E-state index in [0.717, 1.165) is 0 Å². The zero-order valence-electron chi connectivity index (χ0n) is 13.4. The number of benzene rings is 3. The molecule has 0 amide bonds. The van der Waals surface area contributed by atoms with E-state index in [1.807, 2.05) is 0 Å². The van der Waals surface area contributed by atoms with E-state index in [1.54, 1.807) is 8.79 Å². The molecule has 0 unspecified atom stereocenters. The van der Waals surface area contributed by atoms with Crippen LogP contribution >= 0.6 is 0 Å². The molecule has 1 heterocycles. The predicted octanol–water partition coefficient (Wildman–Crippen LogP) is 4.47. The Morgan fingerprint density at radius 2 is 1.14 bits per heavy atom. The van der Waals surface area contributed by atoms with Gasteiger partial charge in [0.05, 0.1) is 0 Å². The average molecular weight is 345 g/mol. The Morgan fingerprint density at radius 3 is 1.86 bits per heavy atom. The fourth-order valence-electron chi connectivity index (χ4n) is 3.79. The van der Waals surface area contributed by atoms with Crippen molar-refractivity contribution >= 4 is 22.1 Å². The second-order valence-electron chi connectivity index (χ2n) is 6.77. The van der Waals surface area contributed by atoms with Crippen LogP contribution in [-0.4, -0.2) is 13.3 Å². The number of hydrogen-bond donors (Lipinski definition) is 0. The molecule has 0 radical (unpaired) electrons. The molecule has 1 aliphatic heterocycles. The molecule has 0 nitrogen and oxygen atoms in total. The Labute approximate surface area is 135 Å². The van der Waals surface area contributed by atoms with Crippen LogP contribution in [-0.2, 0) is 0 Å². The normalized spacial score (nSPS) is 14.5. The first-order valence-corrected chi connectivity index (χ1v) is 14.2. The van der Waals surface area contributed by atoms with Gasteiger partial charge in [-0.3, -0.25) is 0 Å². The SMILES string of the molecule is Cc1cc[c]2c(c1)-c1ccccc1-c1cccc[c]1[Ge]2([CH3])[CH3]. The van der Waals surface area contributed by atoms with Crippen LogP contribution in [0.2, 0.25) is 11.5 Å². The van der Waals surface area contributed by atoms with E-state index in [2.05, 4.69) is 85.2 Å². The van der Waals surface area contributed by atoms with Gasteiger partial charge in [-0.15, -0.1) is 0 Å². The number of aryl methyl sites for hydroxylation is 1. The Hall–Kier alpha value is -1.80. The second-order valence-corrected chi connectivity index (χ2v) is 15.8. The maximum atomic E-state index is 2.53. The van der Waals surface area contributed by atoms with Crippen molar-refractivity contribution in [2.45, 2.75) is 18.4 Å². The first kappa shape index (κ1) is 13.8. The molecule has 3 aromatic carbocycles. The van der Waals surface area contributed by atoms with Gasteiger partial charge in [0.2, 0.25) is 0 Å². The zero-order chi connectivity index (χ0) is 15.3. The fraction of sp³-hybridized carbons (Fsp3) is 0.143. The topological polar surface area (TPSA) is 0 Å². The van der Waals surface area contributed by atoms with Gasteiger partial charge in [0.1, 0.15) is 0 Å². The van der Waals surface area contributed by atoms with Crippen molar-refractivity contribution < 1.29 is 0 Å². The van der Waals surface area contributed by atoms with Crippen molar-refractivity contribution in [1.82, 2.24) is 0 Å². The van der Waals surface area contributed by atoms with Crippen LogP contribution in [0.3, 0.4) is 0 Å². The Kier molecular flexibility index (Phi) is 3.05. The van der Waals surface area contributed by atoms with Crippen LogP contribution in [0.1, 0.15) is 5.56 Å². The minimum absolute atomic E-state index is 1.35. The quantitative estimate of drug-likeness (QED) is 0.528. The van der Waals surface area contributed by atoms with Crippen LogP contribution in [0.25, 0.3) is 22.3 Å². The molecule has 0 bridgehead atoms. The summed E-state index contributed by atoms with van der Waals surface area (Å²) < 4.78 is 3.19. The molecule has 0 fully saturated rings. The molecule has 0 saturated carbocycles. The van der Waals surface area contributed by atoms with Gasteiger partial charge in [0.15, 0.2) is 0 Å². The van der Waals surface area contributed by atoms with Crippen LogP contribution in [0.4, 0.5) is 0 Å². The van der Waals surface area contributed by atoms with Crippen LogP contribution in [0, 0.1) is 6.92 Å². The first-order chi connectivity index (χ1) is 10.6. The van der Waals surface area contributed by atoms with Crippen LogP contribution in [0.15, 0.2) is 66.7 Å². The third-order valence-electron chi connectivity index (χ3n) is 4.96. The van der Waals surface area contributed by atoms with E-state index in [9.17, 15) is 0 Å². The van der Waals surface area contributed by atoms with Crippen molar-refractivity contribution in [2.24, 2.45) is 0 Å². The summed E-state index contributed by atoms with van der Waals surface area (Å²) in [5, 5.41) is 0. The van der Waals surface area contributed by atoms with Gasteiger partial charge < -0.3 is 0 Å².